The van der Waals surface area contributed by atoms with E-state index in [-0.39, 0.29) is 25.2 Å². The molecule has 0 aliphatic rings. The minimum absolute atomic E-state index is 0.00145. The van der Waals surface area contributed by atoms with E-state index in [9.17, 15) is 9.59 Å². The van der Waals surface area contributed by atoms with Gasteiger partial charge in [0.25, 0.3) is 0 Å². The van der Waals surface area contributed by atoms with Gasteiger partial charge >= 0.3 is 12.0 Å². The molecule has 0 rings (SSSR count). The van der Waals surface area contributed by atoms with Gasteiger partial charge in [-0.25, -0.2) is 4.79 Å². The van der Waals surface area contributed by atoms with Gasteiger partial charge in [-0.2, -0.15) is 11.8 Å². The summed E-state index contributed by atoms with van der Waals surface area (Å²) in [5.41, 5.74) is 0. The number of carboxylic acid groups (broad SMARTS) is 1. The Kier molecular flexibility index (Phi) is 7.22. The monoisotopic (exact) mass is 258 g/mol. The maximum absolute atomic E-state index is 12.0. The number of carbonyl (C=O) groups excluding carboxylic acids is 1. The van der Waals surface area contributed by atoms with Crippen LogP contribution in [-0.4, -0.2) is 65.1 Å². The minimum Gasteiger partial charge on any atom is -0.480 e. The number of carboxylic acids is 1. The van der Waals surface area contributed by atoms with Gasteiger partial charge in [-0.05, 0) is 13.2 Å². The lowest BCUT2D eigenvalue weighted by Crippen LogP contribution is -2.47. The molecule has 5 nitrogen and oxygen atoms in total. The predicted molar refractivity (Wildman–Crippen MR) is 69.0 cm³/mol. The third kappa shape index (κ3) is 5.50. The molecule has 0 aliphatic carbocycles. The van der Waals surface area contributed by atoms with Crippen molar-refractivity contribution in [2.75, 3.05) is 32.1 Å². The molecule has 0 bridgehead atoms. The largest absolute Gasteiger partial charge is 0.480 e. The average molecular weight is 258 g/mol. The molecular formula is C11H18N2O3S. The summed E-state index contributed by atoms with van der Waals surface area (Å²) in [7, 11) is 1.65. The Labute approximate surface area is 106 Å². The van der Waals surface area contributed by atoms with Crippen LogP contribution in [-0.2, 0) is 4.79 Å². The first-order chi connectivity index (χ1) is 7.93. The van der Waals surface area contributed by atoms with Gasteiger partial charge in [0.2, 0.25) is 0 Å². The molecule has 2 amide bonds. The SMILES string of the molecule is C#CCN(CC(=O)O)C(=O)N(C)C(C)CSC. The Morgan fingerprint density at radius 3 is 2.53 bits per heavy atom. The lowest BCUT2D eigenvalue weighted by molar-refractivity contribution is -0.137. The second kappa shape index (κ2) is 7.85. The molecule has 17 heavy (non-hydrogen) atoms. The van der Waals surface area contributed by atoms with Gasteiger partial charge in [0.15, 0.2) is 0 Å². The Hall–Kier alpha value is -1.35. The third-order valence-corrected chi connectivity index (χ3v) is 3.07. The van der Waals surface area contributed by atoms with Gasteiger partial charge < -0.3 is 14.9 Å². The topological polar surface area (TPSA) is 60.9 Å². The maximum atomic E-state index is 12.0. The van der Waals surface area contributed by atoms with Crippen molar-refractivity contribution in [1.82, 2.24) is 9.80 Å². The summed E-state index contributed by atoms with van der Waals surface area (Å²) in [5.74, 6) is 2.01. The quantitative estimate of drug-likeness (QED) is 0.716. The fourth-order valence-corrected chi connectivity index (χ4v) is 1.94. The molecule has 1 unspecified atom stereocenters. The van der Waals surface area contributed by atoms with Crippen LogP contribution >= 0.6 is 11.8 Å². The molecule has 0 spiro atoms. The van der Waals surface area contributed by atoms with Crippen LogP contribution < -0.4 is 0 Å². The van der Waals surface area contributed by atoms with Crippen molar-refractivity contribution >= 4 is 23.8 Å². The van der Waals surface area contributed by atoms with Gasteiger partial charge in [0.05, 0.1) is 6.54 Å². The molecule has 0 aromatic carbocycles. The highest BCUT2D eigenvalue weighted by molar-refractivity contribution is 7.98. The number of carbonyl (C=O) groups is 2. The maximum Gasteiger partial charge on any atom is 0.323 e. The number of thioether (sulfide) groups is 1. The van der Waals surface area contributed by atoms with Gasteiger partial charge in [0, 0.05) is 18.8 Å². The molecule has 1 atom stereocenters. The number of hydrogen-bond donors (Lipinski definition) is 1. The summed E-state index contributed by atoms with van der Waals surface area (Å²) in [6, 6.07) is -0.321. The number of rotatable bonds is 6. The van der Waals surface area contributed by atoms with Crippen LogP contribution in [0.3, 0.4) is 0 Å². The Balaban J connectivity index is 4.59. The molecule has 0 radical (unpaired) electrons. The van der Waals surface area contributed by atoms with Gasteiger partial charge in [-0.3, -0.25) is 4.79 Å². The summed E-state index contributed by atoms with van der Waals surface area (Å²) in [5, 5.41) is 8.70. The van der Waals surface area contributed by atoms with E-state index >= 15 is 0 Å². The molecule has 0 aromatic heterocycles. The average Bonchev–Trinajstić information content (AvgIpc) is 2.26. The third-order valence-electron chi connectivity index (χ3n) is 2.25. The summed E-state index contributed by atoms with van der Waals surface area (Å²) >= 11 is 1.63. The standard InChI is InChI=1S/C11H18N2O3S/c1-5-6-13(7-10(14)15)11(16)12(3)9(2)8-17-4/h1,9H,6-8H2,2-4H3,(H,14,15). The van der Waals surface area contributed by atoms with E-state index in [1.54, 1.807) is 18.8 Å². The predicted octanol–water partition coefficient (Wildman–Crippen LogP) is 0.810. The molecule has 0 fully saturated rings. The molecule has 1 N–H and O–H groups in total. The zero-order valence-electron chi connectivity index (χ0n) is 10.3. The number of nitrogens with zero attached hydrogens (tertiary/aromatic N) is 2. The second-order valence-electron chi connectivity index (χ2n) is 3.65. The van der Waals surface area contributed by atoms with E-state index < -0.39 is 5.97 Å². The van der Waals surface area contributed by atoms with E-state index in [0.717, 1.165) is 10.7 Å². The fourth-order valence-electron chi connectivity index (χ4n) is 1.23. The molecule has 96 valence electrons. The Morgan fingerprint density at radius 2 is 2.12 bits per heavy atom. The van der Waals surface area contributed by atoms with Crippen LogP contribution in [0.1, 0.15) is 6.92 Å². The molecule has 0 heterocycles. The Bertz CT molecular complexity index is 314. The van der Waals surface area contributed by atoms with Crippen LogP contribution in [0, 0.1) is 12.3 Å². The lowest BCUT2D eigenvalue weighted by Gasteiger charge is -2.29. The molecular weight excluding hydrogens is 240 g/mol. The van der Waals surface area contributed by atoms with Crippen molar-refractivity contribution < 1.29 is 14.7 Å². The summed E-state index contributed by atoms with van der Waals surface area (Å²) in [6.07, 6.45) is 7.07. The molecule has 0 aromatic rings. The minimum atomic E-state index is -1.07. The zero-order valence-corrected chi connectivity index (χ0v) is 11.2. The fraction of sp³-hybridized carbons (Fsp3) is 0.636. The number of amides is 2. The summed E-state index contributed by atoms with van der Waals surface area (Å²) < 4.78 is 0. The number of urea groups is 1. The first kappa shape index (κ1) is 15.7. The van der Waals surface area contributed by atoms with Crippen molar-refractivity contribution in [2.24, 2.45) is 0 Å². The van der Waals surface area contributed by atoms with Crippen molar-refractivity contribution in [2.45, 2.75) is 13.0 Å². The van der Waals surface area contributed by atoms with E-state index in [1.165, 1.54) is 4.90 Å². The highest BCUT2D eigenvalue weighted by Crippen LogP contribution is 2.07. The Morgan fingerprint density at radius 1 is 1.53 bits per heavy atom. The van der Waals surface area contributed by atoms with Gasteiger partial charge in [-0.15, -0.1) is 6.42 Å². The van der Waals surface area contributed by atoms with E-state index in [2.05, 4.69) is 5.92 Å². The van der Waals surface area contributed by atoms with Crippen LogP contribution in [0.15, 0.2) is 0 Å². The molecule has 0 saturated heterocycles. The number of terminal acetylenes is 1. The smallest absolute Gasteiger partial charge is 0.323 e. The number of aliphatic carboxylic acids is 1. The van der Waals surface area contributed by atoms with Gasteiger partial charge in [0.1, 0.15) is 6.54 Å². The highest BCUT2D eigenvalue weighted by atomic mass is 32.2. The molecule has 6 heteroatoms. The first-order valence-electron chi connectivity index (χ1n) is 5.10. The van der Waals surface area contributed by atoms with Crippen molar-refractivity contribution in [3.63, 3.8) is 0 Å². The van der Waals surface area contributed by atoms with Crippen LogP contribution in [0.2, 0.25) is 0 Å². The van der Waals surface area contributed by atoms with Crippen LogP contribution in [0.5, 0.6) is 0 Å². The van der Waals surface area contributed by atoms with Crippen molar-refractivity contribution in [3.8, 4) is 12.3 Å². The molecule has 0 aliphatic heterocycles. The van der Waals surface area contributed by atoms with Crippen molar-refractivity contribution in [3.05, 3.63) is 0 Å². The van der Waals surface area contributed by atoms with E-state index in [4.69, 9.17) is 11.5 Å². The van der Waals surface area contributed by atoms with Crippen LogP contribution in [0.25, 0.3) is 0 Å². The first-order valence-corrected chi connectivity index (χ1v) is 6.49. The highest BCUT2D eigenvalue weighted by Gasteiger charge is 2.22. The summed E-state index contributed by atoms with van der Waals surface area (Å²) in [4.78, 5) is 25.2. The summed E-state index contributed by atoms with van der Waals surface area (Å²) in [6.45, 7) is 1.53. The molecule has 0 saturated carbocycles. The number of hydrogen-bond acceptors (Lipinski definition) is 3. The normalized spacial score (nSPS) is 11.4. The second-order valence-corrected chi connectivity index (χ2v) is 4.56. The zero-order chi connectivity index (χ0) is 13.4. The lowest BCUT2D eigenvalue weighted by atomic mass is 10.3. The van der Waals surface area contributed by atoms with Crippen molar-refractivity contribution in [1.29, 1.82) is 0 Å². The van der Waals surface area contributed by atoms with E-state index in [0.29, 0.717) is 0 Å². The van der Waals surface area contributed by atoms with Gasteiger partial charge in [-0.1, -0.05) is 5.92 Å². The van der Waals surface area contributed by atoms with E-state index in [1.807, 2.05) is 13.2 Å². The van der Waals surface area contributed by atoms with Crippen LogP contribution in [0.4, 0.5) is 4.79 Å².